The summed E-state index contributed by atoms with van der Waals surface area (Å²) in [6, 6.07) is 0. The number of hydrogen-bond donors (Lipinski definition) is 2. The Balaban J connectivity index is 2.78. The monoisotopic (exact) mass is 259 g/mol. The van der Waals surface area contributed by atoms with Crippen molar-refractivity contribution in [1.82, 2.24) is 9.97 Å². The lowest BCUT2D eigenvalue weighted by Crippen LogP contribution is -2.29. The molecule has 0 aromatic carbocycles. The summed E-state index contributed by atoms with van der Waals surface area (Å²) in [5, 5.41) is 0.502. The van der Waals surface area contributed by atoms with Crippen LogP contribution in [0.5, 0.6) is 0 Å². The highest BCUT2D eigenvalue weighted by Crippen LogP contribution is 2.23. The molecule has 0 unspecified atom stereocenters. The average molecular weight is 260 g/mol. The van der Waals surface area contributed by atoms with E-state index in [1.54, 1.807) is 0 Å². The van der Waals surface area contributed by atoms with Crippen LogP contribution in [0.4, 0.5) is 11.8 Å². The average Bonchev–Trinajstić information content (AvgIpc) is 2.36. The largest absolute Gasteiger partial charge is 0.380 e. The Labute approximate surface area is 106 Å². The van der Waals surface area contributed by atoms with Gasteiger partial charge in [-0.1, -0.05) is 11.6 Å². The molecular weight excluding hydrogens is 242 g/mol. The van der Waals surface area contributed by atoms with E-state index in [1.807, 2.05) is 18.7 Å². The third-order valence-electron chi connectivity index (χ3n) is 2.25. The van der Waals surface area contributed by atoms with Crippen LogP contribution in [-0.4, -0.2) is 36.3 Å². The molecule has 7 heteroatoms. The van der Waals surface area contributed by atoms with Crippen molar-refractivity contribution < 1.29 is 4.74 Å². The SMILES string of the molecule is CCOCCN(CC)c1nc(NN)ncc1Cl. The zero-order valence-corrected chi connectivity index (χ0v) is 10.9. The first-order valence-corrected chi connectivity index (χ1v) is 5.92. The summed E-state index contributed by atoms with van der Waals surface area (Å²) in [6.45, 7) is 6.84. The molecule has 0 fully saturated rings. The van der Waals surface area contributed by atoms with E-state index in [0.29, 0.717) is 30.0 Å². The highest BCUT2D eigenvalue weighted by Gasteiger charge is 2.11. The van der Waals surface area contributed by atoms with Crippen LogP contribution in [0.2, 0.25) is 5.02 Å². The van der Waals surface area contributed by atoms with Crippen LogP contribution in [0.25, 0.3) is 0 Å². The van der Waals surface area contributed by atoms with E-state index >= 15 is 0 Å². The van der Waals surface area contributed by atoms with E-state index in [4.69, 9.17) is 22.2 Å². The molecular formula is C10H18ClN5O. The molecule has 0 amide bonds. The van der Waals surface area contributed by atoms with Gasteiger partial charge in [-0.25, -0.2) is 10.8 Å². The first-order valence-electron chi connectivity index (χ1n) is 5.54. The lowest BCUT2D eigenvalue weighted by atomic mass is 10.4. The highest BCUT2D eigenvalue weighted by atomic mass is 35.5. The second-order valence-corrected chi connectivity index (χ2v) is 3.69. The Morgan fingerprint density at radius 3 is 2.88 bits per heavy atom. The van der Waals surface area contributed by atoms with Gasteiger partial charge in [0.15, 0.2) is 5.82 Å². The third-order valence-corrected chi connectivity index (χ3v) is 2.51. The fraction of sp³-hybridized carbons (Fsp3) is 0.600. The number of halogens is 1. The molecule has 1 aromatic heterocycles. The third kappa shape index (κ3) is 3.99. The normalized spacial score (nSPS) is 10.4. The van der Waals surface area contributed by atoms with Crippen molar-refractivity contribution >= 4 is 23.4 Å². The number of anilines is 2. The van der Waals surface area contributed by atoms with Crippen LogP contribution in [0.1, 0.15) is 13.8 Å². The molecule has 1 aromatic rings. The number of nitrogens with zero attached hydrogens (tertiary/aromatic N) is 3. The van der Waals surface area contributed by atoms with E-state index in [-0.39, 0.29) is 0 Å². The quantitative estimate of drug-likeness (QED) is 0.436. The summed E-state index contributed by atoms with van der Waals surface area (Å²) in [6.07, 6.45) is 1.53. The number of nitrogens with two attached hydrogens (primary N) is 1. The molecule has 0 aliphatic rings. The van der Waals surface area contributed by atoms with Crippen LogP contribution in [-0.2, 0) is 4.74 Å². The van der Waals surface area contributed by atoms with Crippen molar-refractivity contribution in [3.05, 3.63) is 11.2 Å². The number of ether oxygens (including phenoxy) is 1. The van der Waals surface area contributed by atoms with E-state index in [9.17, 15) is 0 Å². The lowest BCUT2D eigenvalue weighted by molar-refractivity contribution is 0.154. The summed E-state index contributed by atoms with van der Waals surface area (Å²) < 4.78 is 5.32. The Hall–Kier alpha value is -1.11. The minimum Gasteiger partial charge on any atom is -0.380 e. The second-order valence-electron chi connectivity index (χ2n) is 3.29. The molecule has 0 saturated heterocycles. The smallest absolute Gasteiger partial charge is 0.239 e. The minimum atomic E-state index is 0.347. The van der Waals surface area contributed by atoms with Crippen molar-refractivity contribution in [2.45, 2.75) is 13.8 Å². The first-order chi connectivity index (χ1) is 8.22. The lowest BCUT2D eigenvalue weighted by Gasteiger charge is -2.22. The van der Waals surface area contributed by atoms with Crippen molar-refractivity contribution in [1.29, 1.82) is 0 Å². The second kappa shape index (κ2) is 7.26. The fourth-order valence-corrected chi connectivity index (χ4v) is 1.59. The number of nitrogen functional groups attached to an aromatic ring is 1. The molecule has 96 valence electrons. The summed E-state index contributed by atoms with van der Waals surface area (Å²) in [5.74, 6) is 6.28. The molecule has 1 rings (SSSR count). The van der Waals surface area contributed by atoms with Crippen molar-refractivity contribution in [2.75, 3.05) is 36.6 Å². The zero-order valence-electron chi connectivity index (χ0n) is 10.1. The van der Waals surface area contributed by atoms with Gasteiger partial charge in [0.25, 0.3) is 0 Å². The highest BCUT2D eigenvalue weighted by molar-refractivity contribution is 6.32. The molecule has 0 aliphatic carbocycles. The van der Waals surface area contributed by atoms with Gasteiger partial charge in [0.05, 0.1) is 12.8 Å². The molecule has 6 nitrogen and oxygen atoms in total. The minimum absolute atomic E-state index is 0.347. The number of nitrogens with one attached hydrogen (secondary N) is 1. The van der Waals surface area contributed by atoms with Crippen LogP contribution in [0.3, 0.4) is 0 Å². The number of hydrazine groups is 1. The fourth-order valence-electron chi connectivity index (χ4n) is 1.38. The van der Waals surface area contributed by atoms with Crippen LogP contribution in [0.15, 0.2) is 6.20 Å². The maximum absolute atomic E-state index is 6.06. The number of rotatable bonds is 7. The molecule has 0 atom stereocenters. The number of likely N-dealkylation sites (N-methyl/N-ethyl adjacent to an activating group) is 1. The van der Waals surface area contributed by atoms with Crippen molar-refractivity contribution in [2.24, 2.45) is 5.84 Å². The predicted octanol–water partition coefficient (Wildman–Crippen LogP) is 1.28. The van der Waals surface area contributed by atoms with Gasteiger partial charge >= 0.3 is 0 Å². The zero-order chi connectivity index (χ0) is 12.7. The molecule has 3 N–H and O–H groups in total. The van der Waals surface area contributed by atoms with Gasteiger partial charge in [0.2, 0.25) is 5.95 Å². The molecule has 0 radical (unpaired) electrons. The number of aromatic nitrogens is 2. The van der Waals surface area contributed by atoms with Gasteiger partial charge in [0.1, 0.15) is 5.02 Å². The molecule has 17 heavy (non-hydrogen) atoms. The van der Waals surface area contributed by atoms with Gasteiger partial charge < -0.3 is 9.64 Å². The van der Waals surface area contributed by atoms with Crippen molar-refractivity contribution in [3.8, 4) is 0 Å². The van der Waals surface area contributed by atoms with Gasteiger partial charge in [-0.3, -0.25) is 5.43 Å². The maximum atomic E-state index is 6.06. The van der Waals surface area contributed by atoms with Gasteiger partial charge in [-0.05, 0) is 13.8 Å². The Bertz CT molecular complexity index is 349. The van der Waals surface area contributed by atoms with Crippen molar-refractivity contribution in [3.63, 3.8) is 0 Å². The van der Waals surface area contributed by atoms with Gasteiger partial charge in [-0.2, -0.15) is 4.98 Å². The Morgan fingerprint density at radius 1 is 1.53 bits per heavy atom. The molecule has 1 heterocycles. The predicted molar refractivity (Wildman–Crippen MR) is 69.2 cm³/mol. The maximum Gasteiger partial charge on any atom is 0.239 e. The summed E-state index contributed by atoms with van der Waals surface area (Å²) in [5.41, 5.74) is 2.40. The molecule has 0 bridgehead atoms. The van der Waals surface area contributed by atoms with Crippen LogP contribution in [0, 0.1) is 0 Å². The summed E-state index contributed by atoms with van der Waals surface area (Å²) in [7, 11) is 0. The van der Waals surface area contributed by atoms with E-state index in [0.717, 1.165) is 13.1 Å². The Morgan fingerprint density at radius 2 is 2.29 bits per heavy atom. The van der Waals surface area contributed by atoms with E-state index in [1.165, 1.54) is 6.20 Å². The summed E-state index contributed by atoms with van der Waals surface area (Å²) >= 11 is 6.06. The standard InChI is InChI=1S/C10H18ClN5O/c1-3-16(5-6-17-4-2)9-8(11)7-13-10(14-9)15-12/h7H,3-6,12H2,1-2H3,(H,13,14,15). The molecule has 0 aliphatic heterocycles. The van der Waals surface area contributed by atoms with Gasteiger partial charge in [-0.15, -0.1) is 0 Å². The van der Waals surface area contributed by atoms with E-state index < -0.39 is 0 Å². The molecule has 0 spiro atoms. The Kier molecular flexibility index (Phi) is 5.96. The summed E-state index contributed by atoms with van der Waals surface area (Å²) in [4.78, 5) is 10.2. The van der Waals surface area contributed by atoms with Crippen LogP contribution < -0.4 is 16.2 Å². The van der Waals surface area contributed by atoms with E-state index in [2.05, 4.69) is 15.4 Å². The first kappa shape index (κ1) is 14.0. The topological polar surface area (TPSA) is 76.3 Å². The van der Waals surface area contributed by atoms with Crippen LogP contribution >= 0.6 is 11.6 Å². The molecule has 0 saturated carbocycles. The number of hydrogen-bond acceptors (Lipinski definition) is 6. The van der Waals surface area contributed by atoms with Gasteiger partial charge in [0, 0.05) is 19.7 Å².